The quantitative estimate of drug-likeness (QED) is 0.841. The Morgan fingerprint density at radius 1 is 1.16 bits per heavy atom. The van der Waals surface area contributed by atoms with Crippen LogP contribution in [-0.2, 0) is 0 Å². The van der Waals surface area contributed by atoms with Crippen LogP contribution in [0, 0.1) is 17.8 Å². The first-order chi connectivity index (χ1) is 12.2. The number of amides is 1. The highest BCUT2D eigenvalue weighted by Crippen LogP contribution is 2.49. The maximum atomic E-state index is 12.9. The van der Waals surface area contributed by atoms with Gasteiger partial charge in [0.25, 0.3) is 5.91 Å². The number of fused-ring (bicyclic) bond motifs is 2. The van der Waals surface area contributed by atoms with Crippen molar-refractivity contribution in [3.05, 3.63) is 54.2 Å². The van der Waals surface area contributed by atoms with E-state index in [-0.39, 0.29) is 11.9 Å². The molecule has 4 atom stereocenters. The molecule has 0 radical (unpaired) electrons. The molecule has 0 saturated heterocycles. The van der Waals surface area contributed by atoms with Crippen LogP contribution in [0.3, 0.4) is 0 Å². The van der Waals surface area contributed by atoms with Gasteiger partial charge in [-0.3, -0.25) is 4.79 Å². The number of benzene rings is 1. The SMILES string of the molecule is C[C@H](NC(=O)c1cccnc1Sc1ccccc1)[C@H]1C[C@@H]2CC[C@H]1C2. The summed E-state index contributed by atoms with van der Waals surface area (Å²) in [7, 11) is 0. The summed E-state index contributed by atoms with van der Waals surface area (Å²) in [5, 5.41) is 4.03. The molecule has 2 aliphatic carbocycles. The van der Waals surface area contributed by atoms with Crippen LogP contribution >= 0.6 is 11.8 Å². The zero-order valence-electron chi connectivity index (χ0n) is 14.5. The van der Waals surface area contributed by atoms with Crippen LogP contribution in [0.1, 0.15) is 43.0 Å². The Kier molecular flexibility index (Phi) is 4.80. The average Bonchev–Trinajstić information content (AvgIpc) is 3.26. The lowest BCUT2D eigenvalue weighted by Crippen LogP contribution is -2.40. The van der Waals surface area contributed by atoms with Crippen LogP contribution < -0.4 is 5.32 Å². The highest BCUT2D eigenvalue weighted by atomic mass is 32.2. The van der Waals surface area contributed by atoms with E-state index < -0.39 is 0 Å². The number of rotatable bonds is 5. The molecule has 1 N–H and O–H groups in total. The average molecular weight is 353 g/mol. The molecule has 2 aromatic rings. The standard InChI is InChI=1S/C21H24N2OS/c1-14(19-13-15-9-10-16(19)12-15)23-20(24)18-8-5-11-22-21(18)25-17-6-3-2-4-7-17/h2-8,11,14-16,19H,9-10,12-13H2,1H3,(H,23,24)/t14-,15+,16-,19+/m0/s1. The van der Waals surface area contributed by atoms with Gasteiger partial charge in [0.2, 0.25) is 0 Å². The first-order valence-electron chi connectivity index (χ1n) is 9.19. The molecule has 3 nitrogen and oxygen atoms in total. The number of nitrogens with zero attached hydrogens (tertiary/aromatic N) is 1. The van der Waals surface area contributed by atoms with Gasteiger partial charge in [-0.1, -0.05) is 36.4 Å². The molecule has 4 heteroatoms. The topological polar surface area (TPSA) is 42.0 Å². The Balaban J connectivity index is 1.47. The number of hydrogen-bond acceptors (Lipinski definition) is 3. The molecule has 2 fully saturated rings. The minimum atomic E-state index is 0.00167. The van der Waals surface area contributed by atoms with E-state index in [0.717, 1.165) is 21.8 Å². The van der Waals surface area contributed by atoms with Crippen molar-refractivity contribution >= 4 is 17.7 Å². The van der Waals surface area contributed by atoms with E-state index in [2.05, 4.69) is 17.2 Å². The maximum Gasteiger partial charge on any atom is 0.254 e. The van der Waals surface area contributed by atoms with Crippen molar-refractivity contribution in [1.29, 1.82) is 0 Å². The molecule has 1 aromatic heterocycles. The lowest BCUT2D eigenvalue weighted by molar-refractivity contribution is 0.0911. The first kappa shape index (κ1) is 16.6. The van der Waals surface area contributed by atoms with Crippen LogP contribution in [0.15, 0.2) is 58.6 Å². The summed E-state index contributed by atoms with van der Waals surface area (Å²) < 4.78 is 0. The van der Waals surface area contributed by atoms with Gasteiger partial charge in [0.1, 0.15) is 5.03 Å². The van der Waals surface area contributed by atoms with Gasteiger partial charge in [-0.25, -0.2) is 4.98 Å². The van der Waals surface area contributed by atoms with Crippen LogP contribution in [0.2, 0.25) is 0 Å². The van der Waals surface area contributed by atoms with E-state index in [0.29, 0.717) is 11.5 Å². The van der Waals surface area contributed by atoms with Gasteiger partial charge in [-0.15, -0.1) is 0 Å². The maximum absolute atomic E-state index is 12.9. The highest BCUT2D eigenvalue weighted by Gasteiger charge is 2.42. The largest absolute Gasteiger partial charge is 0.349 e. The van der Waals surface area contributed by atoms with Crippen molar-refractivity contribution in [2.45, 2.75) is 48.6 Å². The molecule has 1 aromatic carbocycles. The third kappa shape index (κ3) is 3.59. The second kappa shape index (κ2) is 7.20. The minimum Gasteiger partial charge on any atom is -0.349 e. The Labute approximate surface area is 153 Å². The molecule has 0 aliphatic heterocycles. The number of carbonyl (C=O) groups is 1. The summed E-state index contributed by atoms with van der Waals surface area (Å²) in [5.41, 5.74) is 0.673. The molecule has 2 saturated carbocycles. The number of nitrogens with one attached hydrogen (secondary N) is 1. The number of carbonyl (C=O) groups excluding carboxylic acids is 1. The number of pyridine rings is 1. The fourth-order valence-corrected chi connectivity index (χ4v) is 5.44. The molecule has 0 unspecified atom stereocenters. The van der Waals surface area contributed by atoms with Crippen LogP contribution in [-0.4, -0.2) is 16.9 Å². The molecular weight excluding hydrogens is 328 g/mol. The number of aromatic nitrogens is 1. The number of hydrogen-bond donors (Lipinski definition) is 1. The van der Waals surface area contributed by atoms with Crippen LogP contribution in [0.4, 0.5) is 0 Å². The van der Waals surface area contributed by atoms with E-state index in [1.54, 1.807) is 18.0 Å². The summed E-state index contributed by atoms with van der Waals surface area (Å²) in [4.78, 5) is 18.4. The summed E-state index contributed by atoms with van der Waals surface area (Å²) in [6.45, 7) is 2.17. The molecule has 0 spiro atoms. The first-order valence-corrected chi connectivity index (χ1v) is 10.0. The Hall–Kier alpha value is -1.81. The fraction of sp³-hybridized carbons (Fsp3) is 0.429. The minimum absolute atomic E-state index is 0.00167. The van der Waals surface area contributed by atoms with Crippen molar-refractivity contribution in [3.8, 4) is 0 Å². The molecular formula is C21H24N2OS. The lowest BCUT2D eigenvalue weighted by atomic mass is 9.84. The second-order valence-corrected chi connectivity index (χ2v) is 8.43. The highest BCUT2D eigenvalue weighted by molar-refractivity contribution is 7.99. The molecule has 2 bridgehead atoms. The van der Waals surface area contributed by atoms with E-state index in [9.17, 15) is 4.79 Å². The molecule has 130 valence electrons. The van der Waals surface area contributed by atoms with E-state index >= 15 is 0 Å². The summed E-state index contributed by atoms with van der Waals surface area (Å²) in [5.74, 6) is 2.36. The van der Waals surface area contributed by atoms with Gasteiger partial charge in [0, 0.05) is 17.1 Å². The fourth-order valence-electron chi connectivity index (χ4n) is 4.54. The van der Waals surface area contributed by atoms with Gasteiger partial charge < -0.3 is 5.32 Å². The molecule has 25 heavy (non-hydrogen) atoms. The normalized spacial score (nSPS) is 25.7. The molecule has 2 aliphatic rings. The van der Waals surface area contributed by atoms with Crippen molar-refractivity contribution in [2.24, 2.45) is 17.8 Å². The van der Waals surface area contributed by atoms with Gasteiger partial charge in [0.15, 0.2) is 0 Å². The van der Waals surface area contributed by atoms with Crippen molar-refractivity contribution in [3.63, 3.8) is 0 Å². The Morgan fingerprint density at radius 2 is 2.00 bits per heavy atom. The van der Waals surface area contributed by atoms with Crippen molar-refractivity contribution in [2.75, 3.05) is 0 Å². The van der Waals surface area contributed by atoms with Crippen LogP contribution in [0.5, 0.6) is 0 Å². The predicted octanol–water partition coefficient (Wildman–Crippen LogP) is 4.79. The Morgan fingerprint density at radius 3 is 2.72 bits per heavy atom. The van der Waals surface area contributed by atoms with Gasteiger partial charge in [-0.05, 0) is 68.2 Å². The van der Waals surface area contributed by atoms with E-state index in [4.69, 9.17) is 0 Å². The second-order valence-electron chi connectivity index (χ2n) is 7.37. The lowest BCUT2D eigenvalue weighted by Gasteiger charge is -2.28. The van der Waals surface area contributed by atoms with Crippen molar-refractivity contribution in [1.82, 2.24) is 10.3 Å². The third-order valence-corrected chi connectivity index (χ3v) is 6.79. The van der Waals surface area contributed by atoms with E-state index in [1.807, 2.05) is 42.5 Å². The van der Waals surface area contributed by atoms with E-state index in [1.165, 1.54) is 25.7 Å². The van der Waals surface area contributed by atoms with Gasteiger partial charge in [0.05, 0.1) is 5.56 Å². The summed E-state index contributed by atoms with van der Waals surface area (Å²) >= 11 is 1.54. The zero-order valence-corrected chi connectivity index (χ0v) is 15.3. The predicted molar refractivity (Wildman–Crippen MR) is 101 cm³/mol. The van der Waals surface area contributed by atoms with Gasteiger partial charge >= 0.3 is 0 Å². The Bertz CT molecular complexity index is 749. The molecule has 1 amide bonds. The van der Waals surface area contributed by atoms with Gasteiger partial charge in [-0.2, -0.15) is 0 Å². The molecule has 1 heterocycles. The third-order valence-electron chi connectivity index (χ3n) is 5.77. The molecule has 4 rings (SSSR count). The monoisotopic (exact) mass is 352 g/mol. The summed E-state index contributed by atoms with van der Waals surface area (Å²) in [6, 6.07) is 14.0. The zero-order chi connectivity index (χ0) is 17.2. The van der Waals surface area contributed by atoms with Crippen molar-refractivity contribution < 1.29 is 4.79 Å². The smallest absolute Gasteiger partial charge is 0.254 e. The summed E-state index contributed by atoms with van der Waals surface area (Å²) in [6.07, 6.45) is 7.14. The van der Waals surface area contributed by atoms with Crippen LogP contribution in [0.25, 0.3) is 0 Å².